The van der Waals surface area contributed by atoms with Crippen molar-refractivity contribution >= 4 is 39.1 Å². The fourth-order valence-electron chi connectivity index (χ4n) is 3.98. The summed E-state index contributed by atoms with van der Waals surface area (Å²) in [4.78, 5) is 28.2. The molecule has 0 bridgehead atoms. The van der Waals surface area contributed by atoms with Crippen molar-refractivity contribution in [3.63, 3.8) is 0 Å². The van der Waals surface area contributed by atoms with E-state index in [9.17, 15) is 18.0 Å². The Hall–Kier alpha value is -2.58. The van der Waals surface area contributed by atoms with Crippen LogP contribution in [0.4, 0.5) is 5.69 Å². The molecule has 2 amide bonds. The normalized spacial score (nSPS) is 13.1. The zero-order valence-corrected chi connectivity index (χ0v) is 23.4. The van der Waals surface area contributed by atoms with Crippen LogP contribution in [0.15, 0.2) is 48.5 Å². The lowest BCUT2D eigenvalue weighted by Crippen LogP contribution is -2.50. The summed E-state index contributed by atoms with van der Waals surface area (Å²) in [5.74, 6) is -0.362. The summed E-state index contributed by atoms with van der Waals surface area (Å²) in [6.07, 6.45) is 2.82. The third-order valence-electron chi connectivity index (χ3n) is 6.09. The molecule has 7 nitrogen and oxygen atoms in total. The van der Waals surface area contributed by atoms with Crippen molar-refractivity contribution in [1.29, 1.82) is 0 Å². The van der Waals surface area contributed by atoms with E-state index in [2.05, 4.69) is 5.32 Å². The molecule has 0 fully saturated rings. The molecule has 0 aromatic heterocycles. The number of carbonyl (C=O) groups is 2. The zero-order valence-electron chi connectivity index (χ0n) is 21.8. The van der Waals surface area contributed by atoms with Gasteiger partial charge in [0.2, 0.25) is 21.8 Å². The molecule has 198 valence electrons. The molecule has 2 aromatic carbocycles. The molecule has 1 N–H and O–H groups in total. The van der Waals surface area contributed by atoms with Crippen molar-refractivity contribution < 1.29 is 18.0 Å². The first-order chi connectivity index (χ1) is 17.0. The molecule has 2 atom stereocenters. The van der Waals surface area contributed by atoms with Crippen molar-refractivity contribution in [1.82, 2.24) is 10.2 Å². The highest BCUT2D eigenvalue weighted by Gasteiger charge is 2.29. The van der Waals surface area contributed by atoms with E-state index in [1.165, 1.54) is 4.31 Å². The monoisotopic (exact) mass is 535 g/mol. The predicted molar refractivity (Wildman–Crippen MR) is 147 cm³/mol. The lowest BCUT2D eigenvalue weighted by molar-refractivity contribution is -0.141. The first kappa shape index (κ1) is 29.6. The third kappa shape index (κ3) is 8.82. The van der Waals surface area contributed by atoms with E-state index in [1.807, 2.05) is 52.0 Å². The van der Waals surface area contributed by atoms with Crippen LogP contribution in [0, 0.1) is 6.92 Å². The van der Waals surface area contributed by atoms with Crippen molar-refractivity contribution in [2.75, 3.05) is 17.1 Å². The average Bonchev–Trinajstić information content (AvgIpc) is 2.81. The molecule has 0 radical (unpaired) electrons. The summed E-state index contributed by atoms with van der Waals surface area (Å²) < 4.78 is 26.1. The average molecular weight is 536 g/mol. The van der Waals surface area contributed by atoms with Gasteiger partial charge in [-0.3, -0.25) is 13.9 Å². The van der Waals surface area contributed by atoms with Gasteiger partial charge in [0.25, 0.3) is 0 Å². The van der Waals surface area contributed by atoms with Crippen LogP contribution in [0.5, 0.6) is 0 Å². The number of hydrogen-bond donors (Lipinski definition) is 1. The van der Waals surface area contributed by atoms with Gasteiger partial charge in [-0.25, -0.2) is 8.42 Å². The summed E-state index contributed by atoms with van der Waals surface area (Å²) in [6.45, 7) is 8.26. The van der Waals surface area contributed by atoms with E-state index < -0.39 is 16.1 Å². The van der Waals surface area contributed by atoms with E-state index >= 15 is 0 Å². The number of rotatable bonds is 13. The minimum Gasteiger partial charge on any atom is -0.352 e. The molecule has 0 spiro atoms. The van der Waals surface area contributed by atoms with Crippen LogP contribution in [-0.2, 0) is 26.2 Å². The maximum Gasteiger partial charge on any atom is 0.243 e. The molecule has 36 heavy (non-hydrogen) atoms. The SMILES string of the molecule is CCC(C)NC(=O)C(CC)N(Cc1cccc(C)c1)C(=O)CCCN(c1ccc(Cl)cc1)S(C)(=O)=O. The summed E-state index contributed by atoms with van der Waals surface area (Å²) in [5.41, 5.74) is 2.51. The number of anilines is 1. The van der Waals surface area contributed by atoms with Crippen molar-refractivity contribution in [3.8, 4) is 0 Å². The lowest BCUT2D eigenvalue weighted by Gasteiger charge is -2.32. The van der Waals surface area contributed by atoms with Crippen LogP contribution in [0.25, 0.3) is 0 Å². The van der Waals surface area contributed by atoms with E-state index in [-0.39, 0.29) is 30.8 Å². The van der Waals surface area contributed by atoms with Crippen LogP contribution in [0.2, 0.25) is 5.02 Å². The number of benzene rings is 2. The predicted octanol–water partition coefficient (Wildman–Crippen LogP) is 4.92. The zero-order chi connectivity index (χ0) is 26.9. The highest BCUT2D eigenvalue weighted by atomic mass is 35.5. The Morgan fingerprint density at radius 3 is 2.28 bits per heavy atom. The van der Waals surface area contributed by atoms with E-state index in [0.29, 0.717) is 30.1 Å². The first-order valence-corrected chi connectivity index (χ1v) is 14.6. The van der Waals surface area contributed by atoms with Gasteiger partial charge in [-0.1, -0.05) is 55.3 Å². The summed E-state index contributed by atoms with van der Waals surface area (Å²) in [7, 11) is -3.55. The Morgan fingerprint density at radius 1 is 1.06 bits per heavy atom. The van der Waals surface area contributed by atoms with Crippen LogP contribution < -0.4 is 9.62 Å². The summed E-state index contributed by atoms with van der Waals surface area (Å²) in [5, 5.41) is 3.51. The van der Waals surface area contributed by atoms with Gasteiger partial charge >= 0.3 is 0 Å². The Morgan fingerprint density at radius 2 is 1.72 bits per heavy atom. The second-order valence-corrected chi connectivity index (χ2v) is 11.5. The smallest absolute Gasteiger partial charge is 0.243 e. The minimum absolute atomic E-state index is 0.00478. The van der Waals surface area contributed by atoms with E-state index in [0.717, 1.165) is 23.8 Å². The largest absolute Gasteiger partial charge is 0.352 e. The van der Waals surface area contributed by atoms with Gasteiger partial charge < -0.3 is 10.2 Å². The maximum absolute atomic E-state index is 13.5. The minimum atomic E-state index is -3.55. The Kier molecular flexibility index (Phi) is 11.2. The maximum atomic E-state index is 13.5. The summed E-state index contributed by atoms with van der Waals surface area (Å²) >= 11 is 5.95. The van der Waals surface area contributed by atoms with Gasteiger partial charge in [-0.2, -0.15) is 0 Å². The topological polar surface area (TPSA) is 86.8 Å². The molecule has 9 heteroatoms. The standard InChI is InChI=1S/C27H38ClN3O4S/c1-6-21(4)29-27(33)25(7-2)30(19-22-11-8-10-20(3)18-22)26(32)12-9-17-31(36(5,34)35)24-15-13-23(28)14-16-24/h8,10-11,13-16,18,21,25H,6-7,9,12,17,19H2,1-5H3,(H,29,33). The number of aryl methyl sites for hydroxylation is 1. The van der Waals surface area contributed by atoms with Crippen LogP contribution >= 0.6 is 11.6 Å². The number of hydrogen-bond acceptors (Lipinski definition) is 4. The second kappa shape index (κ2) is 13.7. The third-order valence-corrected chi connectivity index (χ3v) is 7.54. The first-order valence-electron chi connectivity index (χ1n) is 12.3. The second-order valence-electron chi connectivity index (χ2n) is 9.17. The molecule has 0 saturated carbocycles. The molecular weight excluding hydrogens is 498 g/mol. The number of sulfonamides is 1. The molecule has 2 aromatic rings. The van der Waals surface area contributed by atoms with Gasteiger partial charge in [0.15, 0.2) is 0 Å². The molecule has 0 saturated heterocycles. The van der Waals surface area contributed by atoms with E-state index in [1.54, 1.807) is 29.2 Å². The molecule has 0 aliphatic carbocycles. The Bertz CT molecular complexity index is 1120. The highest BCUT2D eigenvalue weighted by Crippen LogP contribution is 2.22. The van der Waals surface area contributed by atoms with Crippen LogP contribution in [0.1, 0.15) is 57.6 Å². The molecule has 2 unspecified atom stereocenters. The number of amides is 2. The van der Waals surface area contributed by atoms with Crippen molar-refractivity contribution in [2.24, 2.45) is 0 Å². The van der Waals surface area contributed by atoms with Crippen LogP contribution in [0.3, 0.4) is 0 Å². The summed E-state index contributed by atoms with van der Waals surface area (Å²) in [6, 6.07) is 13.8. The van der Waals surface area contributed by atoms with Crippen molar-refractivity contribution in [2.45, 2.75) is 72.0 Å². The molecule has 0 aliphatic heterocycles. The Labute approximate surface area is 220 Å². The fraction of sp³-hybridized carbons (Fsp3) is 0.481. The van der Waals surface area contributed by atoms with Gasteiger partial charge in [-0.15, -0.1) is 0 Å². The molecule has 0 heterocycles. The van der Waals surface area contributed by atoms with Gasteiger partial charge in [0, 0.05) is 30.6 Å². The number of carbonyl (C=O) groups excluding carboxylic acids is 2. The molecular formula is C27H38ClN3O4S. The number of nitrogens with one attached hydrogen (secondary N) is 1. The number of nitrogens with zero attached hydrogens (tertiary/aromatic N) is 2. The van der Waals surface area contributed by atoms with Crippen molar-refractivity contribution in [3.05, 3.63) is 64.7 Å². The Balaban J connectivity index is 2.22. The number of halogens is 1. The quantitative estimate of drug-likeness (QED) is 0.394. The lowest BCUT2D eigenvalue weighted by atomic mass is 10.1. The van der Waals surface area contributed by atoms with Gasteiger partial charge in [0.1, 0.15) is 6.04 Å². The van der Waals surface area contributed by atoms with E-state index in [4.69, 9.17) is 11.6 Å². The fourth-order valence-corrected chi connectivity index (χ4v) is 5.07. The van der Waals surface area contributed by atoms with Gasteiger partial charge in [-0.05, 0) is 62.9 Å². The van der Waals surface area contributed by atoms with Gasteiger partial charge in [0.05, 0.1) is 11.9 Å². The molecule has 0 aliphatic rings. The highest BCUT2D eigenvalue weighted by molar-refractivity contribution is 7.92. The van der Waals surface area contributed by atoms with Crippen LogP contribution in [-0.4, -0.2) is 50.0 Å². The molecule has 2 rings (SSSR count).